The molecule has 0 saturated heterocycles. The predicted molar refractivity (Wildman–Crippen MR) is 78.3 cm³/mol. The first-order valence-corrected chi connectivity index (χ1v) is 8.15. The van der Waals surface area contributed by atoms with Gasteiger partial charge in [0, 0.05) is 5.02 Å². The van der Waals surface area contributed by atoms with Gasteiger partial charge in [-0.1, -0.05) is 11.6 Å². The van der Waals surface area contributed by atoms with Gasteiger partial charge in [-0.25, -0.2) is 13.2 Å². The molecule has 8 heteroatoms. The van der Waals surface area contributed by atoms with Gasteiger partial charge in [0.05, 0.1) is 10.6 Å². The number of halogens is 1. The van der Waals surface area contributed by atoms with E-state index in [0.29, 0.717) is 10.6 Å². The van der Waals surface area contributed by atoms with Crippen LogP contribution in [-0.4, -0.2) is 19.5 Å². The molecular formula is C12H10ClNO4S2. The Labute approximate surface area is 124 Å². The van der Waals surface area contributed by atoms with Crippen LogP contribution in [0.3, 0.4) is 0 Å². The topological polar surface area (TPSA) is 83.5 Å². The average Bonchev–Trinajstić information content (AvgIpc) is 2.75. The summed E-state index contributed by atoms with van der Waals surface area (Å²) in [5.41, 5.74) is 0.536. The number of sulfonamides is 1. The highest BCUT2D eigenvalue weighted by Gasteiger charge is 2.21. The third-order valence-corrected chi connectivity index (χ3v) is 5.19. The Morgan fingerprint density at radius 2 is 2.05 bits per heavy atom. The van der Waals surface area contributed by atoms with E-state index in [4.69, 9.17) is 16.7 Å². The zero-order chi connectivity index (χ0) is 14.9. The van der Waals surface area contributed by atoms with Crippen molar-refractivity contribution in [1.29, 1.82) is 0 Å². The molecule has 0 saturated carbocycles. The molecule has 0 bridgehead atoms. The lowest BCUT2D eigenvalue weighted by molar-refractivity contribution is 0.0703. The summed E-state index contributed by atoms with van der Waals surface area (Å²) in [5.74, 6) is -1.18. The van der Waals surface area contributed by atoms with E-state index in [1.54, 1.807) is 6.92 Å². The number of rotatable bonds is 4. The molecule has 2 aromatic rings. The minimum Gasteiger partial charge on any atom is -0.477 e. The van der Waals surface area contributed by atoms with Crippen LogP contribution < -0.4 is 4.72 Å². The molecule has 1 heterocycles. The summed E-state index contributed by atoms with van der Waals surface area (Å²) in [6, 6.07) is 5.79. The standard InChI is InChI=1S/C12H10ClNO4S2/c1-7-6-8(13)2-3-10(7)20(17,18)14-9-4-5-19-11(9)12(15)16/h2-6,14H,1H3,(H,15,16). The fourth-order valence-corrected chi connectivity index (χ4v) is 3.95. The van der Waals surface area contributed by atoms with Gasteiger partial charge in [-0.15, -0.1) is 11.3 Å². The number of carboxylic acid groups (broad SMARTS) is 1. The summed E-state index contributed by atoms with van der Waals surface area (Å²) < 4.78 is 26.8. The van der Waals surface area contributed by atoms with Gasteiger partial charge in [0.2, 0.25) is 0 Å². The molecule has 0 spiro atoms. The normalized spacial score (nSPS) is 11.3. The van der Waals surface area contributed by atoms with Crippen molar-refractivity contribution in [3.8, 4) is 0 Å². The Bertz CT molecular complexity index is 768. The molecule has 0 amide bonds. The molecule has 2 rings (SSSR count). The first kappa shape index (κ1) is 14.8. The highest BCUT2D eigenvalue weighted by molar-refractivity contribution is 7.92. The van der Waals surface area contributed by atoms with E-state index in [0.717, 1.165) is 11.3 Å². The number of carboxylic acids is 1. The van der Waals surface area contributed by atoms with Gasteiger partial charge in [-0.2, -0.15) is 0 Å². The van der Waals surface area contributed by atoms with Crippen LogP contribution in [0.25, 0.3) is 0 Å². The number of anilines is 1. The average molecular weight is 332 g/mol. The summed E-state index contributed by atoms with van der Waals surface area (Å²) in [4.78, 5) is 11.0. The summed E-state index contributed by atoms with van der Waals surface area (Å²) in [6.07, 6.45) is 0. The molecule has 0 unspecified atom stereocenters. The van der Waals surface area contributed by atoms with Crippen molar-refractivity contribution < 1.29 is 18.3 Å². The molecule has 0 aliphatic carbocycles. The molecule has 0 radical (unpaired) electrons. The predicted octanol–water partition coefficient (Wildman–Crippen LogP) is 3.21. The van der Waals surface area contributed by atoms with Crippen LogP contribution in [0.15, 0.2) is 34.5 Å². The van der Waals surface area contributed by atoms with Crippen LogP contribution >= 0.6 is 22.9 Å². The number of hydrogen-bond donors (Lipinski definition) is 2. The van der Waals surface area contributed by atoms with Gasteiger partial charge in [0.1, 0.15) is 4.88 Å². The monoisotopic (exact) mass is 331 g/mol. The molecule has 5 nitrogen and oxygen atoms in total. The van der Waals surface area contributed by atoms with Crippen molar-refractivity contribution in [2.45, 2.75) is 11.8 Å². The van der Waals surface area contributed by atoms with Gasteiger partial charge < -0.3 is 5.11 Å². The van der Waals surface area contributed by atoms with Gasteiger partial charge in [-0.3, -0.25) is 4.72 Å². The van der Waals surface area contributed by atoms with E-state index < -0.39 is 16.0 Å². The van der Waals surface area contributed by atoms with E-state index in [9.17, 15) is 13.2 Å². The molecular weight excluding hydrogens is 322 g/mol. The quantitative estimate of drug-likeness (QED) is 0.901. The second kappa shape index (κ2) is 5.43. The second-order valence-corrected chi connectivity index (χ2v) is 6.99. The summed E-state index contributed by atoms with van der Waals surface area (Å²) in [5, 5.41) is 10.9. The molecule has 0 atom stereocenters. The molecule has 0 aliphatic heterocycles. The fraction of sp³-hybridized carbons (Fsp3) is 0.0833. The van der Waals surface area contributed by atoms with Gasteiger partial charge in [-0.05, 0) is 42.1 Å². The maximum atomic E-state index is 12.3. The zero-order valence-corrected chi connectivity index (χ0v) is 12.6. The minimum absolute atomic E-state index is 0.0526. The van der Waals surface area contributed by atoms with Crippen LogP contribution in [0.2, 0.25) is 5.02 Å². The Balaban J connectivity index is 2.41. The third-order valence-electron chi connectivity index (χ3n) is 2.53. The smallest absolute Gasteiger partial charge is 0.348 e. The van der Waals surface area contributed by atoms with Crippen molar-refractivity contribution in [3.63, 3.8) is 0 Å². The number of thiophene rings is 1. The SMILES string of the molecule is Cc1cc(Cl)ccc1S(=O)(=O)Nc1ccsc1C(=O)O. The lowest BCUT2D eigenvalue weighted by Crippen LogP contribution is -2.15. The second-order valence-electron chi connectivity index (χ2n) is 3.98. The number of aryl methyl sites for hydroxylation is 1. The van der Waals surface area contributed by atoms with Crippen LogP contribution in [0.1, 0.15) is 15.2 Å². The van der Waals surface area contributed by atoms with Crippen LogP contribution in [0, 0.1) is 6.92 Å². The number of benzene rings is 1. The first-order chi connectivity index (χ1) is 9.31. The largest absolute Gasteiger partial charge is 0.477 e. The lowest BCUT2D eigenvalue weighted by Gasteiger charge is -2.10. The van der Waals surface area contributed by atoms with Crippen LogP contribution in [0.5, 0.6) is 0 Å². The number of aromatic carboxylic acids is 1. The van der Waals surface area contributed by atoms with Gasteiger partial charge in [0.15, 0.2) is 0 Å². The minimum atomic E-state index is -3.85. The van der Waals surface area contributed by atoms with E-state index >= 15 is 0 Å². The number of hydrogen-bond acceptors (Lipinski definition) is 4. The van der Waals surface area contributed by atoms with E-state index in [1.165, 1.54) is 29.6 Å². The Morgan fingerprint density at radius 1 is 1.35 bits per heavy atom. The maximum absolute atomic E-state index is 12.3. The van der Waals surface area contributed by atoms with Gasteiger partial charge in [0.25, 0.3) is 10.0 Å². The van der Waals surface area contributed by atoms with Crippen molar-refractivity contribution in [2.75, 3.05) is 4.72 Å². The lowest BCUT2D eigenvalue weighted by atomic mass is 10.2. The summed E-state index contributed by atoms with van der Waals surface area (Å²) in [6.45, 7) is 1.62. The van der Waals surface area contributed by atoms with Crippen molar-refractivity contribution in [3.05, 3.63) is 45.1 Å². The molecule has 0 fully saturated rings. The maximum Gasteiger partial charge on any atom is 0.348 e. The molecule has 0 aliphatic rings. The van der Waals surface area contributed by atoms with Crippen molar-refractivity contribution >= 4 is 44.6 Å². The van der Waals surface area contributed by atoms with Crippen molar-refractivity contribution in [2.24, 2.45) is 0 Å². The zero-order valence-electron chi connectivity index (χ0n) is 10.3. The van der Waals surface area contributed by atoms with Crippen LogP contribution in [0.4, 0.5) is 5.69 Å². The van der Waals surface area contributed by atoms with Crippen LogP contribution in [-0.2, 0) is 10.0 Å². The Morgan fingerprint density at radius 3 is 2.65 bits per heavy atom. The van der Waals surface area contributed by atoms with Gasteiger partial charge >= 0.3 is 5.97 Å². The number of nitrogens with one attached hydrogen (secondary N) is 1. The van der Waals surface area contributed by atoms with E-state index in [2.05, 4.69) is 4.72 Å². The summed E-state index contributed by atoms with van der Waals surface area (Å²) >= 11 is 6.74. The summed E-state index contributed by atoms with van der Waals surface area (Å²) in [7, 11) is -3.85. The van der Waals surface area contributed by atoms with E-state index in [1.807, 2.05) is 0 Å². The first-order valence-electron chi connectivity index (χ1n) is 5.41. The van der Waals surface area contributed by atoms with Crippen molar-refractivity contribution in [1.82, 2.24) is 0 Å². The highest BCUT2D eigenvalue weighted by Crippen LogP contribution is 2.27. The fourth-order valence-electron chi connectivity index (χ4n) is 1.67. The molecule has 1 aromatic heterocycles. The molecule has 2 N–H and O–H groups in total. The Kier molecular flexibility index (Phi) is 4.03. The third kappa shape index (κ3) is 2.95. The molecule has 106 valence electrons. The molecule has 1 aromatic carbocycles. The van der Waals surface area contributed by atoms with E-state index in [-0.39, 0.29) is 15.5 Å². The number of carbonyl (C=O) groups is 1. The Hall–Kier alpha value is -1.57. The highest BCUT2D eigenvalue weighted by atomic mass is 35.5. The molecule has 20 heavy (non-hydrogen) atoms.